The van der Waals surface area contributed by atoms with Crippen LogP contribution >= 0.6 is 0 Å². The Labute approximate surface area is 206 Å². The molecule has 0 aromatic heterocycles. The number of allylic oxidation sites excluding steroid dienone is 1. The Balaban J connectivity index is 1.64. The van der Waals surface area contributed by atoms with Gasteiger partial charge in [-0.05, 0) is 44.5 Å². The van der Waals surface area contributed by atoms with Crippen LogP contribution in [0.15, 0.2) is 65.9 Å². The van der Waals surface area contributed by atoms with E-state index in [9.17, 15) is 9.59 Å². The van der Waals surface area contributed by atoms with Crippen LogP contribution in [0.25, 0.3) is 0 Å². The van der Waals surface area contributed by atoms with Gasteiger partial charge in [-0.1, -0.05) is 48.8 Å². The van der Waals surface area contributed by atoms with E-state index in [1.165, 1.54) is 4.90 Å². The minimum Gasteiger partial charge on any atom is -0.489 e. The third kappa shape index (κ3) is 7.19. The highest BCUT2D eigenvalue weighted by Crippen LogP contribution is 2.31. The number of nitrogens with one attached hydrogen (secondary N) is 2. The molecular weight excluding hydrogens is 442 g/mol. The molecule has 2 amide bonds. The summed E-state index contributed by atoms with van der Waals surface area (Å²) in [5.74, 6) is 5.72. The van der Waals surface area contributed by atoms with E-state index in [1.54, 1.807) is 32.2 Å². The van der Waals surface area contributed by atoms with E-state index < -0.39 is 17.5 Å². The van der Waals surface area contributed by atoms with E-state index in [2.05, 4.69) is 34.3 Å². The summed E-state index contributed by atoms with van der Waals surface area (Å²) in [4.78, 5) is 27.2. The normalized spacial score (nSPS) is 15.7. The summed E-state index contributed by atoms with van der Waals surface area (Å²) in [7, 11) is 1.63. The van der Waals surface area contributed by atoms with Crippen molar-refractivity contribution in [2.45, 2.75) is 38.8 Å². The van der Waals surface area contributed by atoms with Gasteiger partial charge in [0.05, 0.1) is 11.2 Å². The summed E-state index contributed by atoms with van der Waals surface area (Å²) in [5, 5.41) is 6.82. The van der Waals surface area contributed by atoms with Crippen molar-refractivity contribution in [2.24, 2.45) is 10.8 Å². The Morgan fingerprint density at radius 1 is 1.29 bits per heavy atom. The molecule has 0 unspecified atom stereocenters. The molecule has 35 heavy (non-hydrogen) atoms. The van der Waals surface area contributed by atoms with Crippen LogP contribution in [0.1, 0.15) is 31.9 Å². The molecule has 0 aliphatic carbocycles. The first kappa shape index (κ1) is 25.5. The van der Waals surface area contributed by atoms with Crippen molar-refractivity contribution < 1.29 is 14.3 Å². The van der Waals surface area contributed by atoms with E-state index >= 15 is 0 Å². The smallest absolute Gasteiger partial charge is 0.267 e. The zero-order valence-corrected chi connectivity index (χ0v) is 20.5. The molecule has 0 fully saturated rings. The fourth-order valence-electron chi connectivity index (χ4n) is 3.27. The number of likely N-dealkylation sites (N-methyl/N-ethyl adjacent to an activating group) is 1. The van der Waals surface area contributed by atoms with Crippen LogP contribution in [-0.2, 0) is 16.0 Å². The van der Waals surface area contributed by atoms with Gasteiger partial charge in [0.2, 0.25) is 0 Å². The Hall–Kier alpha value is -4.09. The number of hydrazone groups is 1. The second-order valence-electron chi connectivity index (χ2n) is 8.96. The van der Waals surface area contributed by atoms with Crippen LogP contribution in [0, 0.1) is 11.8 Å². The van der Waals surface area contributed by atoms with Gasteiger partial charge in [0, 0.05) is 24.7 Å². The Bertz CT molecular complexity index is 1200. The second-order valence-corrected chi connectivity index (χ2v) is 8.96. The minimum absolute atomic E-state index is 0.00973. The number of carbonyl (C=O) groups excluding carboxylic acids is 2. The predicted molar refractivity (Wildman–Crippen MR) is 138 cm³/mol. The zero-order chi connectivity index (χ0) is 25.6. The first-order valence-corrected chi connectivity index (χ1v) is 11.2. The van der Waals surface area contributed by atoms with Crippen LogP contribution in [0.3, 0.4) is 0 Å². The van der Waals surface area contributed by atoms with Gasteiger partial charge in [-0.25, -0.2) is 0 Å². The molecule has 1 atom stereocenters. The molecular formula is C27H31N5O3. The topological polar surface area (TPSA) is 109 Å². The zero-order valence-electron chi connectivity index (χ0n) is 20.5. The fraction of sp³-hybridized carbons (Fsp3) is 0.296. The van der Waals surface area contributed by atoms with Crippen LogP contribution in [-0.4, -0.2) is 42.8 Å². The lowest BCUT2D eigenvalue weighted by Gasteiger charge is -2.20. The van der Waals surface area contributed by atoms with Crippen molar-refractivity contribution in [1.82, 2.24) is 10.7 Å². The fourth-order valence-corrected chi connectivity index (χ4v) is 3.27. The lowest BCUT2D eigenvalue weighted by Crippen LogP contribution is -2.51. The number of carbonyl (C=O) groups is 2. The third-order valence-corrected chi connectivity index (χ3v) is 5.16. The third-order valence-electron chi connectivity index (χ3n) is 5.16. The number of ether oxygens (including phenoxy) is 1. The standard InChI is InChI=1S/C27H31N5O3/c1-18(15-20-9-7-6-8-10-20)30-31-19(2)25(33)29-22-17-35-24-12-11-21(13-14-27(3,4)28)16-23(24)32(5)26(22)34/h6-12,16,22,30H,1,15,17,28H2,2-5H3,(H,29,33)/b31-19+/t22-/m0/s1. The second kappa shape index (κ2) is 10.9. The maximum Gasteiger partial charge on any atom is 0.267 e. The van der Waals surface area contributed by atoms with Gasteiger partial charge < -0.3 is 20.7 Å². The summed E-state index contributed by atoms with van der Waals surface area (Å²) in [6, 6.07) is 14.2. The van der Waals surface area contributed by atoms with Crippen LogP contribution in [0.5, 0.6) is 5.75 Å². The van der Waals surface area contributed by atoms with Crippen molar-refractivity contribution in [3.8, 4) is 17.6 Å². The van der Waals surface area contributed by atoms with Gasteiger partial charge in [0.25, 0.3) is 11.8 Å². The highest BCUT2D eigenvalue weighted by Gasteiger charge is 2.31. The number of hydrogen-bond acceptors (Lipinski definition) is 6. The molecule has 182 valence electrons. The quantitative estimate of drug-likeness (QED) is 0.339. The Morgan fingerprint density at radius 2 is 2.00 bits per heavy atom. The molecule has 0 spiro atoms. The Kier molecular flexibility index (Phi) is 7.94. The molecule has 0 radical (unpaired) electrons. The molecule has 4 N–H and O–H groups in total. The van der Waals surface area contributed by atoms with E-state index in [-0.39, 0.29) is 18.2 Å². The number of hydrogen-bond donors (Lipinski definition) is 3. The van der Waals surface area contributed by atoms with E-state index in [0.29, 0.717) is 29.1 Å². The molecule has 0 bridgehead atoms. The maximum absolute atomic E-state index is 13.1. The molecule has 8 heteroatoms. The van der Waals surface area contributed by atoms with Crippen molar-refractivity contribution in [3.63, 3.8) is 0 Å². The van der Waals surface area contributed by atoms with E-state index in [4.69, 9.17) is 10.5 Å². The van der Waals surface area contributed by atoms with Gasteiger partial charge in [-0.3, -0.25) is 15.0 Å². The average Bonchev–Trinajstić information content (AvgIpc) is 2.93. The largest absolute Gasteiger partial charge is 0.489 e. The van der Waals surface area contributed by atoms with Crippen molar-refractivity contribution in [3.05, 3.63) is 71.9 Å². The molecule has 0 saturated heterocycles. The summed E-state index contributed by atoms with van der Waals surface area (Å²) in [5.41, 5.74) is 11.3. The summed E-state index contributed by atoms with van der Waals surface area (Å²) in [6.07, 6.45) is 0.576. The molecule has 1 aliphatic heterocycles. The molecule has 0 saturated carbocycles. The number of rotatable bonds is 6. The first-order valence-electron chi connectivity index (χ1n) is 11.2. The van der Waals surface area contributed by atoms with Crippen molar-refractivity contribution in [2.75, 3.05) is 18.6 Å². The van der Waals surface area contributed by atoms with E-state index in [1.807, 2.05) is 44.2 Å². The van der Waals surface area contributed by atoms with Gasteiger partial charge in [-0.15, -0.1) is 0 Å². The summed E-state index contributed by atoms with van der Waals surface area (Å²) in [6.45, 7) is 9.12. The monoisotopic (exact) mass is 473 g/mol. The number of amides is 2. The van der Waals surface area contributed by atoms with Crippen LogP contribution in [0.2, 0.25) is 0 Å². The highest BCUT2D eigenvalue weighted by molar-refractivity contribution is 6.38. The maximum atomic E-state index is 13.1. The molecule has 1 aliphatic rings. The number of nitrogens with zero attached hydrogens (tertiary/aromatic N) is 2. The SMILES string of the molecule is C=C(Cc1ccccc1)N/N=C(\C)C(=O)N[C@H]1COc2ccc(C#CC(C)(C)N)cc2N(C)C1=O. The van der Waals surface area contributed by atoms with Crippen LogP contribution < -0.4 is 26.1 Å². The summed E-state index contributed by atoms with van der Waals surface area (Å²) >= 11 is 0. The molecule has 2 aromatic rings. The van der Waals surface area contributed by atoms with Crippen LogP contribution in [0.4, 0.5) is 5.69 Å². The molecule has 1 heterocycles. The predicted octanol–water partition coefficient (Wildman–Crippen LogP) is 2.34. The highest BCUT2D eigenvalue weighted by atomic mass is 16.5. The van der Waals surface area contributed by atoms with E-state index in [0.717, 1.165) is 5.56 Å². The van der Waals surface area contributed by atoms with Gasteiger partial charge in [0.1, 0.15) is 24.1 Å². The van der Waals surface area contributed by atoms with Gasteiger partial charge in [-0.2, -0.15) is 5.10 Å². The lowest BCUT2D eigenvalue weighted by molar-refractivity contribution is -0.124. The van der Waals surface area contributed by atoms with Gasteiger partial charge in [0.15, 0.2) is 0 Å². The minimum atomic E-state index is -0.880. The lowest BCUT2D eigenvalue weighted by atomic mass is 10.1. The van der Waals surface area contributed by atoms with Crippen molar-refractivity contribution >= 4 is 23.2 Å². The average molecular weight is 474 g/mol. The number of nitrogens with two attached hydrogens (primary N) is 1. The summed E-state index contributed by atoms with van der Waals surface area (Å²) < 4.78 is 5.83. The van der Waals surface area contributed by atoms with Crippen molar-refractivity contribution in [1.29, 1.82) is 0 Å². The number of anilines is 1. The number of fused-ring (bicyclic) bond motifs is 1. The molecule has 8 nitrogen and oxygen atoms in total. The van der Waals surface area contributed by atoms with Gasteiger partial charge >= 0.3 is 0 Å². The molecule has 3 rings (SSSR count). The molecule has 2 aromatic carbocycles. The first-order chi connectivity index (χ1) is 16.5. The Morgan fingerprint density at radius 3 is 2.69 bits per heavy atom. The number of benzene rings is 2.